The topological polar surface area (TPSA) is 66.4 Å². The Hall–Kier alpha value is -1.01. The molecule has 1 aromatic heterocycles. The molecule has 2 rings (SSSR count). The van der Waals surface area contributed by atoms with E-state index >= 15 is 0 Å². The number of hydrogen-bond acceptors (Lipinski definition) is 4. The number of thiophene rings is 1. The average molecular weight is 313 g/mol. The maximum atomic E-state index is 12.3. The Morgan fingerprint density at radius 2 is 2.25 bits per heavy atom. The Balaban J connectivity index is 2.14. The van der Waals surface area contributed by atoms with E-state index in [-0.39, 0.29) is 5.91 Å². The molecule has 1 aliphatic rings. The minimum Gasteiger partial charge on any atom is -0.480 e. The lowest BCUT2D eigenvalue weighted by molar-refractivity contribution is -0.144. The summed E-state index contributed by atoms with van der Waals surface area (Å²) < 4.78 is 0. The Morgan fingerprint density at radius 1 is 1.50 bits per heavy atom. The number of carbonyl (C=O) groups is 2. The highest BCUT2D eigenvalue weighted by molar-refractivity contribution is 7.98. The lowest BCUT2D eigenvalue weighted by Gasteiger charge is -2.25. The molecule has 4 nitrogen and oxygen atoms in total. The van der Waals surface area contributed by atoms with Crippen molar-refractivity contribution in [2.75, 3.05) is 5.75 Å². The number of carboxylic acid groups (broad SMARTS) is 1. The average Bonchev–Trinajstić information content (AvgIpc) is 2.82. The highest BCUT2D eigenvalue weighted by atomic mass is 32.2. The maximum Gasteiger partial charge on any atom is 0.329 e. The van der Waals surface area contributed by atoms with Gasteiger partial charge in [0.1, 0.15) is 5.54 Å². The van der Waals surface area contributed by atoms with Crippen molar-refractivity contribution >= 4 is 35.0 Å². The first kappa shape index (κ1) is 15.4. The number of hydrogen-bond donors (Lipinski definition) is 2. The molecule has 0 saturated carbocycles. The summed E-state index contributed by atoms with van der Waals surface area (Å²) in [7, 11) is 0. The minimum absolute atomic E-state index is 0.271. The minimum atomic E-state index is -1.19. The Morgan fingerprint density at radius 3 is 2.85 bits per heavy atom. The van der Waals surface area contributed by atoms with Gasteiger partial charge in [0.05, 0.1) is 4.88 Å². The standard InChI is InChI=1S/C14H19NO3S2/c1-3-5-14(2,13(17)18)15-12(16)11-7-9-8-19-6-4-10(9)20-11/h7H,3-6,8H2,1-2H3,(H,15,16)(H,17,18). The van der Waals surface area contributed by atoms with Crippen molar-refractivity contribution in [2.24, 2.45) is 0 Å². The predicted octanol–water partition coefficient (Wildman–Crippen LogP) is 2.91. The lowest BCUT2D eigenvalue weighted by Crippen LogP contribution is -2.51. The first-order valence-corrected chi connectivity index (χ1v) is 8.68. The smallest absolute Gasteiger partial charge is 0.329 e. The van der Waals surface area contributed by atoms with Crippen molar-refractivity contribution in [3.05, 3.63) is 21.4 Å². The molecule has 0 radical (unpaired) electrons. The highest BCUT2D eigenvalue weighted by Gasteiger charge is 2.34. The van der Waals surface area contributed by atoms with Gasteiger partial charge in [-0.3, -0.25) is 4.79 Å². The number of aliphatic carboxylic acids is 1. The second-order valence-corrected chi connectivity index (χ2v) is 7.44. The largest absolute Gasteiger partial charge is 0.480 e. The molecule has 1 aliphatic heterocycles. The van der Waals surface area contributed by atoms with E-state index in [2.05, 4.69) is 5.32 Å². The molecule has 1 atom stereocenters. The molecule has 6 heteroatoms. The SMILES string of the molecule is CCCC(C)(NC(=O)c1cc2c(s1)CCSC2)C(=O)O. The van der Waals surface area contributed by atoms with Gasteiger partial charge in [-0.1, -0.05) is 13.3 Å². The Labute approximate surface area is 127 Å². The second-order valence-electron chi connectivity index (χ2n) is 5.20. The number of aryl methyl sites for hydroxylation is 1. The first-order chi connectivity index (χ1) is 9.46. The third kappa shape index (κ3) is 3.17. The van der Waals surface area contributed by atoms with Gasteiger partial charge in [0, 0.05) is 10.6 Å². The molecule has 0 spiro atoms. The molecule has 0 aromatic carbocycles. The van der Waals surface area contributed by atoms with Gasteiger partial charge >= 0.3 is 5.97 Å². The van der Waals surface area contributed by atoms with E-state index in [9.17, 15) is 14.7 Å². The summed E-state index contributed by atoms with van der Waals surface area (Å²) in [4.78, 5) is 25.5. The van der Waals surface area contributed by atoms with Gasteiger partial charge in [0.25, 0.3) is 5.91 Å². The van der Waals surface area contributed by atoms with E-state index in [1.54, 1.807) is 6.92 Å². The molecular weight excluding hydrogens is 294 g/mol. The van der Waals surface area contributed by atoms with Crippen molar-refractivity contribution in [3.63, 3.8) is 0 Å². The number of amides is 1. The van der Waals surface area contributed by atoms with Crippen LogP contribution in [-0.2, 0) is 17.0 Å². The van der Waals surface area contributed by atoms with Crippen LogP contribution in [0.25, 0.3) is 0 Å². The maximum absolute atomic E-state index is 12.3. The summed E-state index contributed by atoms with van der Waals surface area (Å²) in [6, 6.07) is 1.91. The van der Waals surface area contributed by atoms with Crippen LogP contribution in [0.5, 0.6) is 0 Å². The van der Waals surface area contributed by atoms with E-state index in [1.165, 1.54) is 21.8 Å². The fourth-order valence-electron chi connectivity index (χ4n) is 2.29. The van der Waals surface area contributed by atoms with Gasteiger partial charge in [0.15, 0.2) is 0 Å². The van der Waals surface area contributed by atoms with Crippen LogP contribution in [0, 0.1) is 0 Å². The van der Waals surface area contributed by atoms with Crippen molar-refractivity contribution in [1.82, 2.24) is 5.32 Å². The predicted molar refractivity (Wildman–Crippen MR) is 82.6 cm³/mol. The van der Waals surface area contributed by atoms with E-state index < -0.39 is 11.5 Å². The molecule has 20 heavy (non-hydrogen) atoms. The van der Waals surface area contributed by atoms with Gasteiger partial charge < -0.3 is 10.4 Å². The monoisotopic (exact) mass is 313 g/mol. The summed E-state index contributed by atoms with van der Waals surface area (Å²) in [5.74, 6) is 0.791. The van der Waals surface area contributed by atoms with Crippen molar-refractivity contribution in [1.29, 1.82) is 0 Å². The molecule has 2 heterocycles. The number of rotatable bonds is 5. The van der Waals surface area contributed by atoms with Crippen LogP contribution in [0.3, 0.4) is 0 Å². The summed E-state index contributed by atoms with van der Waals surface area (Å²) in [6.07, 6.45) is 2.14. The Bertz CT molecular complexity index is 503. The number of carbonyl (C=O) groups excluding carboxylic acids is 1. The van der Waals surface area contributed by atoms with E-state index in [4.69, 9.17) is 0 Å². The van der Waals surface area contributed by atoms with Crippen molar-refractivity contribution in [3.8, 4) is 0 Å². The molecular formula is C14H19NO3S2. The van der Waals surface area contributed by atoms with Crippen LogP contribution in [0.15, 0.2) is 6.07 Å². The van der Waals surface area contributed by atoms with Crippen LogP contribution < -0.4 is 5.32 Å². The van der Waals surface area contributed by atoms with E-state index in [0.717, 1.165) is 17.9 Å². The van der Waals surface area contributed by atoms with Gasteiger partial charge in [-0.05, 0) is 37.1 Å². The fourth-order valence-corrected chi connectivity index (χ4v) is 4.56. The number of thioether (sulfide) groups is 1. The van der Waals surface area contributed by atoms with Gasteiger partial charge in [-0.2, -0.15) is 11.8 Å². The van der Waals surface area contributed by atoms with E-state index in [1.807, 2.05) is 24.8 Å². The number of fused-ring (bicyclic) bond motifs is 1. The zero-order valence-electron chi connectivity index (χ0n) is 11.7. The summed E-state index contributed by atoms with van der Waals surface area (Å²) in [6.45, 7) is 3.48. The van der Waals surface area contributed by atoms with Crippen LogP contribution in [0.4, 0.5) is 0 Å². The molecule has 0 saturated heterocycles. The number of carboxylic acids is 1. The first-order valence-electron chi connectivity index (χ1n) is 6.71. The van der Waals surface area contributed by atoms with Crippen LogP contribution in [0.2, 0.25) is 0 Å². The fraction of sp³-hybridized carbons (Fsp3) is 0.571. The van der Waals surface area contributed by atoms with Gasteiger partial charge in [-0.25, -0.2) is 4.79 Å². The molecule has 1 unspecified atom stereocenters. The molecule has 0 bridgehead atoms. The number of nitrogens with one attached hydrogen (secondary N) is 1. The Kier molecular flexibility index (Phi) is 4.75. The lowest BCUT2D eigenvalue weighted by atomic mass is 9.96. The molecule has 0 aliphatic carbocycles. The van der Waals surface area contributed by atoms with Crippen LogP contribution in [-0.4, -0.2) is 28.3 Å². The normalized spacial score (nSPS) is 17.1. The van der Waals surface area contributed by atoms with Crippen LogP contribution >= 0.6 is 23.1 Å². The van der Waals surface area contributed by atoms with Crippen molar-refractivity contribution < 1.29 is 14.7 Å². The molecule has 1 amide bonds. The van der Waals surface area contributed by atoms with Gasteiger partial charge in [-0.15, -0.1) is 11.3 Å². The summed E-state index contributed by atoms with van der Waals surface area (Å²) in [5, 5.41) is 12.0. The quantitative estimate of drug-likeness (QED) is 0.877. The van der Waals surface area contributed by atoms with Crippen molar-refractivity contribution in [2.45, 2.75) is 44.4 Å². The van der Waals surface area contributed by atoms with Crippen LogP contribution in [0.1, 0.15) is 46.8 Å². The zero-order chi connectivity index (χ0) is 14.8. The highest BCUT2D eigenvalue weighted by Crippen LogP contribution is 2.32. The molecule has 0 fully saturated rings. The molecule has 110 valence electrons. The summed E-state index contributed by atoms with van der Waals surface area (Å²) >= 11 is 3.37. The molecule has 1 aromatic rings. The molecule has 2 N–H and O–H groups in total. The van der Waals surface area contributed by atoms with E-state index in [0.29, 0.717) is 17.7 Å². The third-order valence-electron chi connectivity index (χ3n) is 3.46. The van der Waals surface area contributed by atoms with Gasteiger partial charge in [0.2, 0.25) is 0 Å². The second kappa shape index (κ2) is 6.18. The third-order valence-corrected chi connectivity index (χ3v) is 5.71. The zero-order valence-corrected chi connectivity index (χ0v) is 13.3. The summed E-state index contributed by atoms with van der Waals surface area (Å²) in [5.41, 5.74) is 0.0364.